The number of benzene rings is 2. The van der Waals surface area contributed by atoms with Gasteiger partial charge in [-0.15, -0.1) is 0 Å². The average molecular weight is 478 g/mol. The van der Waals surface area contributed by atoms with Crippen molar-refractivity contribution in [2.45, 2.75) is 26.8 Å². The van der Waals surface area contributed by atoms with Crippen molar-refractivity contribution >= 4 is 11.9 Å². The first-order valence-electron chi connectivity index (χ1n) is 11.3. The van der Waals surface area contributed by atoms with Crippen LogP contribution in [0.4, 0.5) is 14.5 Å². The number of nitrogens with zero attached hydrogens (tertiary/aromatic N) is 4. The van der Waals surface area contributed by atoms with Gasteiger partial charge < -0.3 is 16.0 Å². The van der Waals surface area contributed by atoms with Gasteiger partial charge in [0.05, 0.1) is 22.6 Å². The van der Waals surface area contributed by atoms with Crippen LogP contribution < -0.4 is 16.3 Å². The number of fused-ring (bicyclic) bond motifs is 1. The zero-order valence-electron chi connectivity index (χ0n) is 19.6. The molecule has 3 N–H and O–H groups in total. The fourth-order valence-corrected chi connectivity index (χ4v) is 4.61. The molecule has 2 aromatic carbocycles. The zero-order chi connectivity index (χ0) is 24.9. The molecule has 35 heavy (non-hydrogen) atoms. The molecule has 1 aliphatic heterocycles. The lowest BCUT2D eigenvalue weighted by Crippen LogP contribution is -2.27. The maximum Gasteiger partial charge on any atom is 0.338 e. The van der Waals surface area contributed by atoms with E-state index >= 15 is 4.39 Å². The van der Waals surface area contributed by atoms with Crippen LogP contribution in [0.15, 0.2) is 41.5 Å². The van der Waals surface area contributed by atoms with Crippen LogP contribution in [0.5, 0.6) is 0 Å². The monoisotopic (exact) mass is 477 g/mol. The summed E-state index contributed by atoms with van der Waals surface area (Å²) in [5.74, 6) is -0.422. The van der Waals surface area contributed by atoms with Gasteiger partial charge in [-0.2, -0.15) is 5.10 Å². The Balaban J connectivity index is 1.73. The summed E-state index contributed by atoms with van der Waals surface area (Å²) in [6, 6.07) is 6.53. The van der Waals surface area contributed by atoms with Gasteiger partial charge >= 0.3 is 5.69 Å². The van der Waals surface area contributed by atoms with Crippen molar-refractivity contribution in [2.24, 2.45) is 0 Å². The van der Waals surface area contributed by atoms with Crippen LogP contribution in [-0.4, -0.2) is 38.7 Å². The maximum atomic E-state index is 15.3. The zero-order valence-corrected chi connectivity index (χ0v) is 19.6. The number of aromatic nitrogens is 4. The molecule has 0 spiro atoms. The molecule has 0 saturated heterocycles. The van der Waals surface area contributed by atoms with Crippen molar-refractivity contribution in [2.75, 3.05) is 18.9 Å². The van der Waals surface area contributed by atoms with Crippen molar-refractivity contribution in [3.8, 4) is 17.2 Å². The summed E-state index contributed by atoms with van der Waals surface area (Å²) < 4.78 is 33.9. The van der Waals surface area contributed by atoms with Crippen molar-refractivity contribution in [3.63, 3.8) is 0 Å². The molecular weight excluding hydrogens is 452 g/mol. The SMILES string of the molecule is CNc1ccc(-n2ccn(-c3c4c(nn3-c3cc(C)c(F)c(C)c3)CCNC4)c2=O)c(F)c1C=N. The highest BCUT2D eigenvalue weighted by atomic mass is 19.1. The molecule has 0 atom stereocenters. The van der Waals surface area contributed by atoms with Gasteiger partial charge in [0.2, 0.25) is 0 Å². The highest BCUT2D eigenvalue weighted by Crippen LogP contribution is 2.27. The number of rotatable bonds is 5. The van der Waals surface area contributed by atoms with Crippen LogP contribution in [-0.2, 0) is 13.0 Å². The Morgan fingerprint density at radius 2 is 1.83 bits per heavy atom. The Labute approximate surface area is 200 Å². The molecule has 0 unspecified atom stereocenters. The third-order valence-corrected chi connectivity index (χ3v) is 6.38. The quantitative estimate of drug-likeness (QED) is 0.384. The molecule has 0 aliphatic carbocycles. The summed E-state index contributed by atoms with van der Waals surface area (Å²) in [4.78, 5) is 13.6. The molecule has 180 valence electrons. The second kappa shape index (κ2) is 8.62. The van der Waals surface area contributed by atoms with Crippen molar-refractivity contribution < 1.29 is 8.78 Å². The molecule has 0 fully saturated rings. The minimum absolute atomic E-state index is 0.0396. The topological polar surface area (TPSA) is 92.7 Å². The summed E-state index contributed by atoms with van der Waals surface area (Å²) >= 11 is 0. The predicted octanol–water partition coefficient (Wildman–Crippen LogP) is 3.39. The van der Waals surface area contributed by atoms with E-state index in [-0.39, 0.29) is 17.1 Å². The molecular formula is C25H25F2N7O. The summed E-state index contributed by atoms with van der Waals surface area (Å²) in [5, 5.41) is 18.5. The lowest BCUT2D eigenvalue weighted by Gasteiger charge is -2.14. The van der Waals surface area contributed by atoms with E-state index in [1.165, 1.54) is 21.4 Å². The Bertz CT molecular complexity index is 1510. The molecule has 4 aromatic rings. The van der Waals surface area contributed by atoms with E-state index < -0.39 is 11.5 Å². The predicted molar refractivity (Wildman–Crippen MR) is 131 cm³/mol. The Morgan fingerprint density at radius 1 is 1.11 bits per heavy atom. The van der Waals surface area contributed by atoms with Gasteiger partial charge in [0, 0.05) is 56.4 Å². The van der Waals surface area contributed by atoms with Crippen LogP contribution >= 0.6 is 0 Å². The fourth-order valence-electron chi connectivity index (χ4n) is 4.61. The summed E-state index contributed by atoms with van der Waals surface area (Å²) in [7, 11) is 1.64. The normalized spacial score (nSPS) is 13.1. The molecule has 8 nitrogen and oxygen atoms in total. The third-order valence-electron chi connectivity index (χ3n) is 6.38. The lowest BCUT2D eigenvalue weighted by molar-refractivity contribution is 0.608. The molecule has 3 heterocycles. The number of hydrogen-bond acceptors (Lipinski definition) is 5. The molecule has 1 aliphatic rings. The molecule has 0 amide bonds. The highest BCUT2D eigenvalue weighted by Gasteiger charge is 2.25. The lowest BCUT2D eigenvalue weighted by atomic mass is 10.1. The molecule has 0 bridgehead atoms. The Hall–Kier alpha value is -4.05. The van der Waals surface area contributed by atoms with Crippen LogP contribution in [0.25, 0.3) is 17.2 Å². The summed E-state index contributed by atoms with van der Waals surface area (Å²) in [5.41, 5.74) is 3.39. The van der Waals surface area contributed by atoms with Crippen LogP contribution in [0.3, 0.4) is 0 Å². The number of anilines is 1. The van der Waals surface area contributed by atoms with E-state index in [0.717, 1.165) is 24.0 Å². The fraction of sp³-hybridized carbons (Fsp3) is 0.240. The molecule has 0 radical (unpaired) electrons. The number of nitrogens with one attached hydrogen (secondary N) is 3. The van der Waals surface area contributed by atoms with Gasteiger partial charge in [0.15, 0.2) is 5.82 Å². The first-order chi connectivity index (χ1) is 16.8. The van der Waals surface area contributed by atoms with Crippen LogP contribution in [0.2, 0.25) is 0 Å². The second-order valence-electron chi connectivity index (χ2n) is 8.56. The highest BCUT2D eigenvalue weighted by molar-refractivity contribution is 5.87. The van der Waals surface area contributed by atoms with Crippen molar-refractivity contribution in [1.29, 1.82) is 5.41 Å². The van der Waals surface area contributed by atoms with Gasteiger partial charge in [-0.25, -0.2) is 18.3 Å². The third kappa shape index (κ3) is 3.57. The van der Waals surface area contributed by atoms with E-state index in [0.29, 0.717) is 41.3 Å². The summed E-state index contributed by atoms with van der Waals surface area (Å²) in [6.45, 7) is 4.66. The number of hydrogen-bond donors (Lipinski definition) is 3. The second-order valence-corrected chi connectivity index (χ2v) is 8.56. The standard InChI is InChI=1S/C25H25F2N7O/c1-14-10-16(11-15(2)22(14)26)34-24(18-13-30-7-6-20(18)31-34)33-9-8-32(25(33)35)21-5-4-19(29-3)17(12-28)23(21)27/h4-5,8-12,28-30H,6-7,13H2,1-3H3. The number of aryl methyl sites for hydroxylation is 2. The number of imidazole rings is 1. The first kappa shape index (κ1) is 22.7. The first-order valence-corrected chi connectivity index (χ1v) is 11.3. The molecule has 5 rings (SSSR count). The van der Waals surface area contributed by atoms with Crippen molar-refractivity contribution in [1.82, 2.24) is 24.2 Å². The summed E-state index contributed by atoms with van der Waals surface area (Å²) in [6.07, 6.45) is 4.67. The maximum absolute atomic E-state index is 15.3. The largest absolute Gasteiger partial charge is 0.388 e. The van der Waals surface area contributed by atoms with E-state index in [1.807, 2.05) is 0 Å². The van der Waals surface area contributed by atoms with E-state index in [1.54, 1.807) is 50.0 Å². The minimum Gasteiger partial charge on any atom is -0.388 e. The molecule has 10 heteroatoms. The Kier molecular flexibility index (Phi) is 5.60. The average Bonchev–Trinajstić information content (AvgIpc) is 3.42. The minimum atomic E-state index is -0.673. The van der Waals surface area contributed by atoms with Crippen molar-refractivity contribution in [3.05, 3.63) is 86.7 Å². The Morgan fingerprint density at radius 3 is 2.51 bits per heavy atom. The molecule has 2 aromatic heterocycles. The van der Waals surface area contributed by atoms with E-state index in [9.17, 15) is 9.18 Å². The van der Waals surface area contributed by atoms with Gasteiger partial charge in [-0.1, -0.05) is 0 Å². The van der Waals surface area contributed by atoms with Crippen LogP contribution in [0, 0.1) is 30.9 Å². The van der Waals surface area contributed by atoms with Crippen LogP contribution in [0.1, 0.15) is 27.9 Å². The van der Waals surface area contributed by atoms with E-state index in [4.69, 9.17) is 10.5 Å². The van der Waals surface area contributed by atoms with Gasteiger partial charge in [-0.3, -0.25) is 9.13 Å². The van der Waals surface area contributed by atoms with Gasteiger partial charge in [0.25, 0.3) is 0 Å². The van der Waals surface area contributed by atoms with Gasteiger partial charge in [0.1, 0.15) is 11.6 Å². The van der Waals surface area contributed by atoms with E-state index in [2.05, 4.69) is 10.6 Å². The van der Waals surface area contributed by atoms with Gasteiger partial charge in [-0.05, 0) is 49.2 Å². The number of halogens is 2. The smallest absolute Gasteiger partial charge is 0.338 e. The molecule has 0 saturated carbocycles.